The third-order valence-corrected chi connectivity index (χ3v) is 10.1. The van der Waals surface area contributed by atoms with E-state index in [0.717, 1.165) is 11.3 Å². The second-order valence-corrected chi connectivity index (χ2v) is 14.3. The smallest absolute Gasteiger partial charge is 0.407 e. The minimum absolute atomic E-state index is 0.000399. The van der Waals surface area contributed by atoms with Gasteiger partial charge in [0.2, 0.25) is 10.0 Å². The van der Waals surface area contributed by atoms with Crippen molar-refractivity contribution in [3.63, 3.8) is 0 Å². The first-order chi connectivity index (χ1) is 22.5. The average molecular weight is 670 g/mol. The van der Waals surface area contributed by atoms with Crippen molar-refractivity contribution >= 4 is 16.1 Å². The number of pyridine rings is 1. The molecule has 254 valence electrons. The fourth-order valence-corrected chi connectivity index (χ4v) is 7.43. The highest BCUT2D eigenvalue weighted by molar-refractivity contribution is 7.89. The van der Waals surface area contributed by atoms with Gasteiger partial charge in [0.15, 0.2) is 6.29 Å². The number of aromatic hydroxyl groups is 1. The molecule has 12 nitrogen and oxygen atoms in total. The molecule has 2 aromatic carbocycles. The van der Waals surface area contributed by atoms with Crippen molar-refractivity contribution < 1.29 is 42.4 Å². The zero-order valence-corrected chi connectivity index (χ0v) is 27.6. The van der Waals surface area contributed by atoms with E-state index < -0.39 is 40.7 Å². The van der Waals surface area contributed by atoms with Gasteiger partial charge in [-0.3, -0.25) is 4.98 Å². The Kier molecular flexibility index (Phi) is 11.4. The SMILES string of the molecule is Cc1cc(S(=O)(=O)N(CC(C)C)CC(O)C(Cc2ccc(OCc3ccccn3)cc2)NC(=O)OC2COC3OCCC23)ccc1O. The van der Waals surface area contributed by atoms with Crippen molar-refractivity contribution in [2.45, 2.75) is 69.7 Å². The van der Waals surface area contributed by atoms with E-state index in [-0.39, 0.29) is 48.6 Å². The maximum Gasteiger partial charge on any atom is 0.407 e. The van der Waals surface area contributed by atoms with Crippen molar-refractivity contribution in [3.8, 4) is 11.5 Å². The number of phenols is 1. The summed E-state index contributed by atoms with van der Waals surface area (Å²) in [6.07, 6.45) is -0.347. The monoisotopic (exact) mass is 669 g/mol. The molecule has 2 aliphatic rings. The lowest BCUT2D eigenvalue weighted by Crippen LogP contribution is -2.51. The van der Waals surface area contributed by atoms with Crippen LogP contribution in [0.15, 0.2) is 71.8 Å². The normalized spacial score (nSPS) is 20.6. The molecule has 3 heterocycles. The van der Waals surface area contributed by atoms with Gasteiger partial charge < -0.3 is 34.5 Å². The number of aliphatic hydroxyl groups excluding tert-OH is 1. The molecule has 5 unspecified atom stereocenters. The van der Waals surface area contributed by atoms with Gasteiger partial charge in [-0.15, -0.1) is 0 Å². The number of nitrogens with one attached hydrogen (secondary N) is 1. The molecule has 0 radical (unpaired) electrons. The molecular formula is C34H43N3O9S. The van der Waals surface area contributed by atoms with Crippen LogP contribution in [-0.4, -0.2) is 84.9 Å². The number of aryl methyl sites for hydroxylation is 1. The number of carbonyl (C=O) groups excluding carboxylic acids is 1. The number of hydrogen-bond acceptors (Lipinski definition) is 10. The van der Waals surface area contributed by atoms with E-state index in [4.69, 9.17) is 18.9 Å². The second kappa shape index (κ2) is 15.4. The molecule has 0 spiro atoms. The molecule has 5 atom stereocenters. The lowest BCUT2D eigenvalue weighted by Gasteiger charge is -2.31. The highest BCUT2D eigenvalue weighted by Gasteiger charge is 2.44. The second-order valence-electron chi connectivity index (χ2n) is 12.4. The van der Waals surface area contributed by atoms with Gasteiger partial charge >= 0.3 is 6.09 Å². The Morgan fingerprint density at radius 3 is 2.60 bits per heavy atom. The fourth-order valence-electron chi connectivity index (χ4n) is 5.72. The van der Waals surface area contributed by atoms with E-state index >= 15 is 0 Å². The Hall–Kier alpha value is -3.75. The predicted octanol–water partition coefficient (Wildman–Crippen LogP) is 3.78. The summed E-state index contributed by atoms with van der Waals surface area (Å²) >= 11 is 0. The molecule has 2 fully saturated rings. The molecule has 0 aliphatic carbocycles. The Labute approximate surface area is 275 Å². The van der Waals surface area contributed by atoms with Crippen LogP contribution in [0.25, 0.3) is 0 Å². The molecule has 5 rings (SSSR count). The summed E-state index contributed by atoms with van der Waals surface area (Å²) in [6, 6.07) is 16.0. The molecule has 2 aliphatic heterocycles. The summed E-state index contributed by atoms with van der Waals surface area (Å²) in [5, 5.41) is 24.4. The van der Waals surface area contributed by atoms with E-state index in [1.165, 1.54) is 22.5 Å². The van der Waals surface area contributed by atoms with Crippen LogP contribution in [0.3, 0.4) is 0 Å². The van der Waals surface area contributed by atoms with Crippen molar-refractivity contribution in [3.05, 3.63) is 83.7 Å². The third kappa shape index (κ3) is 8.99. The Morgan fingerprint density at radius 1 is 1.11 bits per heavy atom. The highest BCUT2D eigenvalue weighted by atomic mass is 32.2. The lowest BCUT2D eigenvalue weighted by atomic mass is 10.0. The largest absolute Gasteiger partial charge is 0.508 e. The minimum atomic E-state index is -4.06. The Bertz CT molecular complexity index is 1590. The van der Waals surface area contributed by atoms with Crippen LogP contribution in [0.1, 0.15) is 37.1 Å². The van der Waals surface area contributed by atoms with E-state index in [1.807, 2.05) is 44.2 Å². The number of phenolic OH excluding ortho intramolecular Hbond substituents is 1. The van der Waals surface area contributed by atoms with E-state index in [1.54, 1.807) is 25.3 Å². The molecule has 1 aromatic heterocycles. The number of amides is 1. The number of benzene rings is 2. The van der Waals surface area contributed by atoms with Crippen LogP contribution in [0, 0.1) is 18.8 Å². The maximum absolute atomic E-state index is 13.8. The number of fused-ring (bicyclic) bond motifs is 1. The Balaban J connectivity index is 1.32. The van der Waals surface area contributed by atoms with Crippen LogP contribution in [0.4, 0.5) is 4.79 Å². The van der Waals surface area contributed by atoms with Gasteiger partial charge in [0, 0.05) is 19.3 Å². The zero-order chi connectivity index (χ0) is 33.6. The van der Waals surface area contributed by atoms with Gasteiger partial charge in [-0.2, -0.15) is 4.31 Å². The molecule has 1 amide bonds. The summed E-state index contributed by atoms with van der Waals surface area (Å²) < 4.78 is 51.5. The quantitative estimate of drug-likeness (QED) is 0.231. The number of aliphatic hydroxyl groups is 1. The third-order valence-electron chi connectivity index (χ3n) is 8.27. The first kappa shape index (κ1) is 34.6. The zero-order valence-electron chi connectivity index (χ0n) is 26.8. The highest BCUT2D eigenvalue weighted by Crippen LogP contribution is 2.33. The lowest BCUT2D eigenvalue weighted by molar-refractivity contribution is -0.0907. The van der Waals surface area contributed by atoms with E-state index in [2.05, 4.69) is 10.3 Å². The number of hydrogen-bond donors (Lipinski definition) is 3. The van der Waals surface area contributed by atoms with Gasteiger partial charge in [0.05, 0.1) is 41.9 Å². The molecule has 47 heavy (non-hydrogen) atoms. The van der Waals surface area contributed by atoms with Crippen molar-refractivity contribution in [2.75, 3.05) is 26.3 Å². The molecule has 3 aromatic rings. The summed E-state index contributed by atoms with van der Waals surface area (Å²) in [5.74, 6) is 0.479. The molecule has 0 saturated carbocycles. The number of sulfonamides is 1. The molecule has 2 saturated heterocycles. The van der Waals surface area contributed by atoms with Crippen molar-refractivity contribution in [2.24, 2.45) is 11.8 Å². The van der Waals surface area contributed by atoms with Gasteiger partial charge in [-0.25, -0.2) is 13.2 Å². The predicted molar refractivity (Wildman–Crippen MR) is 172 cm³/mol. The van der Waals surface area contributed by atoms with Gasteiger partial charge in [0.25, 0.3) is 0 Å². The number of carbonyl (C=O) groups is 1. The van der Waals surface area contributed by atoms with Crippen molar-refractivity contribution in [1.82, 2.24) is 14.6 Å². The van der Waals surface area contributed by atoms with Gasteiger partial charge in [0.1, 0.15) is 24.2 Å². The number of alkyl carbamates (subject to hydrolysis) is 1. The molecule has 0 bridgehead atoms. The first-order valence-electron chi connectivity index (χ1n) is 15.8. The van der Waals surface area contributed by atoms with Crippen LogP contribution >= 0.6 is 0 Å². The van der Waals surface area contributed by atoms with Crippen LogP contribution in [0.5, 0.6) is 11.5 Å². The van der Waals surface area contributed by atoms with Crippen LogP contribution in [0.2, 0.25) is 0 Å². The maximum atomic E-state index is 13.8. The van der Waals surface area contributed by atoms with Crippen LogP contribution < -0.4 is 10.1 Å². The number of ether oxygens (including phenoxy) is 4. The molecule has 13 heteroatoms. The van der Waals surface area contributed by atoms with Gasteiger partial charge in [-0.1, -0.05) is 32.0 Å². The van der Waals surface area contributed by atoms with E-state index in [9.17, 15) is 23.4 Å². The molecular weight excluding hydrogens is 626 g/mol. The van der Waals surface area contributed by atoms with E-state index in [0.29, 0.717) is 30.9 Å². The standard InChI is InChI=1S/C34H43N3O9S/c1-22(2)18-37(47(41,42)27-11-12-30(38)23(3)16-27)19-31(39)29(36-34(40)46-32-21-45-33-28(32)13-15-43-33)17-24-7-9-26(10-8-24)44-20-25-6-4-5-14-35-25/h4-12,14,16,22,28-29,31-33,38-39H,13,15,17-21H2,1-3H3,(H,36,40). The Morgan fingerprint density at radius 2 is 1.89 bits per heavy atom. The topological polar surface area (TPSA) is 157 Å². The summed E-state index contributed by atoms with van der Waals surface area (Å²) in [6.45, 7) is 6.25. The number of aromatic nitrogens is 1. The number of nitrogens with zero attached hydrogens (tertiary/aromatic N) is 2. The summed E-state index contributed by atoms with van der Waals surface area (Å²) in [5.41, 5.74) is 1.98. The summed E-state index contributed by atoms with van der Waals surface area (Å²) in [7, 11) is -4.06. The fraction of sp³-hybridized carbons (Fsp3) is 0.471. The van der Waals surface area contributed by atoms with Gasteiger partial charge in [-0.05, 0) is 79.3 Å². The van der Waals surface area contributed by atoms with Crippen molar-refractivity contribution in [1.29, 1.82) is 0 Å². The average Bonchev–Trinajstić information content (AvgIpc) is 3.67. The number of rotatable bonds is 14. The van der Waals surface area contributed by atoms with Crippen LogP contribution in [-0.2, 0) is 37.3 Å². The summed E-state index contributed by atoms with van der Waals surface area (Å²) in [4.78, 5) is 17.5. The molecule has 3 N–H and O–H groups in total. The minimum Gasteiger partial charge on any atom is -0.508 e. The first-order valence-corrected chi connectivity index (χ1v) is 17.2.